The normalized spacial score (nSPS) is 13.0. The van der Waals surface area contributed by atoms with Crippen LogP contribution >= 0.6 is 11.8 Å². The fourth-order valence-electron chi connectivity index (χ4n) is 3.13. The van der Waals surface area contributed by atoms with Crippen LogP contribution in [0.15, 0.2) is 53.7 Å². The van der Waals surface area contributed by atoms with Gasteiger partial charge in [0.25, 0.3) is 5.91 Å². The van der Waals surface area contributed by atoms with Crippen LogP contribution in [0, 0.1) is 0 Å². The summed E-state index contributed by atoms with van der Waals surface area (Å²) in [6, 6.07) is 14.0. The van der Waals surface area contributed by atoms with Gasteiger partial charge in [-0.2, -0.15) is 0 Å². The van der Waals surface area contributed by atoms with Crippen molar-refractivity contribution in [3.05, 3.63) is 59.9 Å². The molecule has 1 aliphatic rings. The molecule has 4 rings (SSSR count). The van der Waals surface area contributed by atoms with Crippen molar-refractivity contribution in [2.75, 3.05) is 23.5 Å². The molecule has 8 nitrogen and oxygen atoms in total. The monoisotopic (exact) mass is 437 g/mol. The summed E-state index contributed by atoms with van der Waals surface area (Å²) in [6.07, 6.45) is 2.29. The molecular formula is C22H23N5O3S. The van der Waals surface area contributed by atoms with Crippen molar-refractivity contribution in [1.29, 1.82) is 0 Å². The summed E-state index contributed by atoms with van der Waals surface area (Å²) in [5.41, 5.74) is 1.47. The minimum atomic E-state index is -0.309. The zero-order valence-electron chi connectivity index (χ0n) is 17.3. The maximum Gasteiger partial charge on any atom is 0.257 e. The summed E-state index contributed by atoms with van der Waals surface area (Å²) in [5, 5.41) is 14.8. The Kier molecular flexibility index (Phi) is 6.22. The molecule has 3 aromatic rings. The first-order valence-electron chi connectivity index (χ1n) is 9.91. The molecule has 1 aliphatic carbocycles. The van der Waals surface area contributed by atoms with Gasteiger partial charge in [-0.3, -0.25) is 9.59 Å². The predicted molar refractivity (Wildman–Crippen MR) is 120 cm³/mol. The number of rotatable bonds is 8. The molecule has 1 saturated carbocycles. The molecule has 9 heteroatoms. The number of anilines is 2. The highest BCUT2D eigenvalue weighted by Gasteiger charge is 2.29. The van der Waals surface area contributed by atoms with Crippen LogP contribution in [0.1, 0.15) is 34.9 Å². The molecule has 2 aromatic carbocycles. The van der Waals surface area contributed by atoms with Gasteiger partial charge in [-0.25, -0.2) is 0 Å². The first kappa shape index (κ1) is 20.9. The van der Waals surface area contributed by atoms with Gasteiger partial charge in [0.05, 0.1) is 24.1 Å². The van der Waals surface area contributed by atoms with Gasteiger partial charge in [-0.1, -0.05) is 23.9 Å². The average molecular weight is 438 g/mol. The van der Waals surface area contributed by atoms with E-state index in [-0.39, 0.29) is 17.6 Å². The molecule has 0 unspecified atom stereocenters. The molecule has 2 amide bonds. The molecule has 0 aliphatic heterocycles. The van der Waals surface area contributed by atoms with E-state index in [1.807, 2.05) is 11.6 Å². The van der Waals surface area contributed by atoms with E-state index in [1.54, 1.807) is 55.6 Å². The number of hydrogen-bond acceptors (Lipinski definition) is 6. The highest BCUT2D eigenvalue weighted by molar-refractivity contribution is 7.99. The van der Waals surface area contributed by atoms with Crippen LogP contribution in [0.5, 0.6) is 5.75 Å². The van der Waals surface area contributed by atoms with Gasteiger partial charge >= 0.3 is 0 Å². The van der Waals surface area contributed by atoms with Crippen LogP contribution in [0.3, 0.4) is 0 Å². The number of nitrogens with one attached hydrogen (secondary N) is 2. The van der Waals surface area contributed by atoms with Crippen molar-refractivity contribution in [3.8, 4) is 5.75 Å². The number of amides is 2. The van der Waals surface area contributed by atoms with E-state index in [1.165, 1.54) is 11.8 Å². The van der Waals surface area contributed by atoms with Crippen molar-refractivity contribution < 1.29 is 14.3 Å². The quantitative estimate of drug-likeness (QED) is 0.522. The highest BCUT2D eigenvalue weighted by atomic mass is 32.2. The molecule has 0 saturated heterocycles. The number of benzene rings is 2. The van der Waals surface area contributed by atoms with E-state index in [9.17, 15) is 9.59 Å². The standard InChI is InChI=1S/C22H23N5O3S/c1-27-20(14-7-8-14)25-26-22(27)31-13-19(28)24-18-6-4-3-5-17(18)21(29)23-15-9-11-16(30-2)12-10-15/h3-6,9-12,14H,7-8,13H2,1-2H3,(H,23,29)(H,24,28). The van der Waals surface area contributed by atoms with Crippen LogP contribution < -0.4 is 15.4 Å². The lowest BCUT2D eigenvalue weighted by Crippen LogP contribution is -2.19. The Morgan fingerprint density at radius 1 is 1.10 bits per heavy atom. The molecule has 0 radical (unpaired) electrons. The van der Waals surface area contributed by atoms with E-state index in [0.29, 0.717) is 33.8 Å². The number of para-hydroxylation sites is 1. The minimum absolute atomic E-state index is 0.172. The smallest absolute Gasteiger partial charge is 0.257 e. The fraction of sp³-hybridized carbons (Fsp3) is 0.273. The maximum absolute atomic E-state index is 12.7. The third kappa shape index (κ3) is 5.05. The summed E-state index contributed by atoms with van der Waals surface area (Å²) >= 11 is 1.33. The average Bonchev–Trinajstić information content (AvgIpc) is 3.56. The van der Waals surface area contributed by atoms with Crippen LogP contribution in [-0.2, 0) is 11.8 Å². The van der Waals surface area contributed by atoms with E-state index >= 15 is 0 Å². The highest BCUT2D eigenvalue weighted by Crippen LogP contribution is 2.39. The molecule has 0 spiro atoms. The van der Waals surface area contributed by atoms with Crippen molar-refractivity contribution in [2.45, 2.75) is 23.9 Å². The van der Waals surface area contributed by atoms with Gasteiger partial charge in [0.1, 0.15) is 11.6 Å². The number of aromatic nitrogens is 3. The van der Waals surface area contributed by atoms with Gasteiger partial charge < -0.3 is 19.9 Å². The van der Waals surface area contributed by atoms with Crippen LogP contribution in [-0.4, -0.2) is 39.4 Å². The summed E-state index contributed by atoms with van der Waals surface area (Å²) in [7, 11) is 3.51. The summed E-state index contributed by atoms with van der Waals surface area (Å²) in [4.78, 5) is 25.3. The minimum Gasteiger partial charge on any atom is -0.497 e. The van der Waals surface area contributed by atoms with Crippen molar-refractivity contribution >= 4 is 35.0 Å². The zero-order valence-corrected chi connectivity index (χ0v) is 18.1. The Hall–Kier alpha value is -3.33. The first-order chi connectivity index (χ1) is 15.0. The van der Waals surface area contributed by atoms with Gasteiger partial charge in [0.15, 0.2) is 5.16 Å². The second-order valence-corrected chi connectivity index (χ2v) is 8.18. The molecule has 0 atom stereocenters. The Morgan fingerprint density at radius 3 is 2.55 bits per heavy atom. The van der Waals surface area contributed by atoms with Gasteiger partial charge in [0, 0.05) is 18.7 Å². The van der Waals surface area contributed by atoms with E-state index < -0.39 is 0 Å². The third-order valence-electron chi connectivity index (χ3n) is 4.94. The molecule has 1 aromatic heterocycles. The number of nitrogens with zero attached hydrogens (tertiary/aromatic N) is 3. The van der Waals surface area contributed by atoms with Crippen LogP contribution in [0.2, 0.25) is 0 Å². The maximum atomic E-state index is 12.7. The first-order valence-corrected chi connectivity index (χ1v) is 10.9. The number of methoxy groups -OCH3 is 1. The number of ether oxygens (including phenoxy) is 1. The van der Waals surface area contributed by atoms with Crippen molar-refractivity contribution in [1.82, 2.24) is 14.8 Å². The number of thioether (sulfide) groups is 1. The van der Waals surface area contributed by atoms with Gasteiger partial charge in [-0.15, -0.1) is 10.2 Å². The lowest BCUT2D eigenvalue weighted by atomic mass is 10.1. The summed E-state index contributed by atoms with van der Waals surface area (Å²) in [5.74, 6) is 1.82. The molecule has 31 heavy (non-hydrogen) atoms. The zero-order chi connectivity index (χ0) is 21.8. The number of carbonyl (C=O) groups is 2. The molecule has 0 bridgehead atoms. The number of hydrogen-bond donors (Lipinski definition) is 2. The van der Waals surface area contributed by atoms with Gasteiger partial charge in [0.2, 0.25) is 5.91 Å². The van der Waals surface area contributed by atoms with Crippen molar-refractivity contribution in [2.24, 2.45) is 7.05 Å². The molecular weight excluding hydrogens is 414 g/mol. The predicted octanol–water partition coefficient (Wildman–Crippen LogP) is 3.68. The Balaban J connectivity index is 1.38. The topological polar surface area (TPSA) is 98.1 Å². The third-order valence-corrected chi connectivity index (χ3v) is 5.96. The second-order valence-electron chi connectivity index (χ2n) is 7.24. The SMILES string of the molecule is COc1ccc(NC(=O)c2ccccc2NC(=O)CSc2nnc(C3CC3)n2C)cc1. The van der Waals surface area contributed by atoms with Crippen molar-refractivity contribution in [3.63, 3.8) is 0 Å². The lowest BCUT2D eigenvalue weighted by molar-refractivity contribution is -0.113. The Morgan fingerprint density at radius 2 is 1.84 bits per heavy atom. The Bertz CT molecular complexity index is 1090. The summed E-state index contributed by atoms with van der Waals surface area (Å²) in [6.45, 7) is 0. The fourth-order valence-corrected chi connectivity index (χ4v) is 3.85. The second kappa shape index (κ2) is 9.22. The molecule has 2 N–H and O–H groups in total. The van der Waals surface area contributed by atoms with E-state index in [0.717, 1.165) is 18.7 Å². The molecule has 1 fully saturated rings. The molecule has 160 valence electrons. The Labute approximate surface area is 184 Å². The largest absolute Gasteiger partial charge is 0.497 e. The van der Waals surface area contributed by atoms with Crippen LogP contribution in [0.25, 0.3) is 0 Å². The van der Waals surface area contributed by atoms with Crippen LogP contribution in [0.4, 0.5) is 11.4 Å². The van der Waals surface area contributed by atoms with E-state index in [4.69, 9.17) is 4.74 Å². The van der Waals surface area contributed by atoms with E-state index in [2.05, 4.69) is 20.8 Å². The summed E-state index contributed by atoms with van der Waals surface area (Å²) < 4.78 is 7.08. The number of carbonyl (C=O) groups excluding carboxylic acids is 2. The lowest BCUT2D eigenvalue weighted by Gasteiger charge is -2.12. The van der Waals surface area contributed by atoms with Gasteiger partial charge in [-0.05, 0) is 49.2 Å². The molecule has 1 heterocycles.